The molecule has 0 amide bonds. The molecule has 0 aromatic rings. The molecule has 84 valence electrons. The molecule has 1 aliphatic heterocycles. The summed E-state index contributed by atoms with van der Waals surface area (Å²) >= 11 is 0. The van der Waals surface area contributed by atoms with Crippen molar-refractivity contribution >= 4 is 11.8 Å². The van der Waals surface area contributed by atoms with Crippen LogP contribution in [-0.4, -0.2) is 24.5 Å². The fourth-order valence-electron chi connectivity index (χ4n) is 1.53. The predicted octanol–water partition coefficient (Wildman–Crippen LogP) is 1.45. The summed E-state index contributed by atoms with van der Waals surface area (Å²) in [6.45, 7) is 3.82. The van der Waals surface area contributed by atoms with Crippen LogP contribution < -0.4 is 0 Å². The molecule has 0 aromatic carbocycles. The highest BCUT2D eigenvalue weighted by atomic mass is 16.5. The number of carbonyl (C=O) groups is 2. The highest BCUT2D eigenvalue weighted by Gasteiger charge is 2.30. The summed E-state index contributed by atoms with van der Waals surface area (Å²) < 4.78 is 9.78. The molecule has 0 fully saturated rings. The molecule has 0 aliphatic carbocycles. The van der Waals surface area contributed by atoms with Crippen molar-refractivity contribution in [1.29, 1.82) is 0 Å². The molecule has 1 atom stereocenters. The number of Topliss-reactive ketones (excluding diaryl/α,β-unsaturated/α-hetero) is 1. The van der Waals surface area contributed by atoms with Crippen molar-refractivity contribution in [3.63, 3.8) is 0 Å². The number of carbonyl (C=O) groups excluding carboxylic acids is 2. The Morgan fingerprint density at radius 2 is 2.20 bits per heavy atom. The third-order valence-corrected chi connectivity index (χ3v) is 2.37. The van der Waals surface area contributed by atoms with Gasteiger partial charge in [-0.15, -0.1) is 0 Å². The third kappa shape index (κ3) is 3.38. The summed E-state index contributed by atoms with van der Waals surface area (Å²) in [6, 6.07) is 0. The van der Waals surface area contributed by atoms with E-state index in [0.29, 0.717) is 6.42 Å². The summed E-state index contributed by atoms with van der Waals surface area (Å²) in [4.78, 5) is 22.6. The lowest BCUT2D eigenvalue weighted by atomic mass is 9.87. The summed E-state index contributed by atoms with van der Waals surface area (Å²) in [5, 5.41) is 0. The van der Waals surface area contributed by atoms with Gasteiger partial charge in [0.15, 0.2) is 5.78 Å². The van der Waals surface area contributed by atoms with E-state index in [1.54, 1.807) is 6.08 Å². The summed E-state index contributed by atoms with van der Waals surface area (Å²) in [7, 11) is 1.28. The first-order valence-corrected chi connectivity index (χ1v) is 4.88. The third-order valence-electron chi connectivity index (χ3n) is 2.37. The highest BCUT2D eigenvalue weighted by Crippen LogP contribution is 2.27. The number of hydrogen-bond donors (Lipinski definition) is 0. The number of allylic oxidation sites excluding steroid dienone is 1. The summed E-state index contributed by atoms with van der Waals surface area (Å²) in [6.07, 6.45) is 3.65. The second-order valence-electron chi connectivity index (χ2n) is 4.24. The van der Waals surface area contributed by atoms with Crippen molar-refractivity contribution in [3.8, 4) is 0 Å². The normalized spacial score (nSPS) is 23.0. The van der Waals surface area contributed by atoms with Crippen LogP contribution in [0.5, 0.6) is 0 Å². The summed E-state index contributed by atoms with van der Waals surface area (Å²) in [5.41, 5.74) is -0.342. The van der Waals surface area contributed by atoms with Gasteiger partial charge in [-0.25, -0.2) is 0 Å². The van der Waals surface area contributed by atoms with Gasteiger partial charge in [-0.2, -0.15) is 0 Å². The van der Waals surface area contributed by atoms with Gasteiger partial charge in [-0.1, -0.05) is 0 Å². The second-order valence-corrected chi connectivity index (χ2v) is 4.24. The maximum Gasteiger partial charge on any atom is 0.313 e. The first kappa shape index (κ1) is 11.8. The van der Waals surface area contributed by atoms with E-state index in [-0.39, 0.29) is 23.7 Å². The lowest BCUT2D eigenvalue weighted by Crippen LogP contribution is -2.32. The van der Waals surface area contributed by atoms with Gasteiger partial charge >= 0.3 is 5.97 Å². The molecule has 4 nitrogen and oxygen atoms in total. The second kappa shape index (κ2) is 4.47. The number of rotatable bonds is 3. The monoisotopic (exact) mass is 212 g/mol. The number of esters is 1. The molecule has 1 unspecified atom stereocenters. The van der Waals surface area contributed by atoms with E-state index in [9.17, 15) is 9.59 Å². The van der Waals surface area contributed by atoms with Gasteiger partial charge in [0.1, 0.15) is 12.0 Å². The highest BCUT2D eigenvalue weighted by molar-refractivity contribution is 5.97. The largest absolute Gasteiger partial charge is 0.496 e. The average molecular weight is 212 g/mol. The van der Waals surface area contributed by atoms with E-state index >= 15 is 0 Å². The lowest BCUT2D eigenvalue weighted by Gasteiger charge is -2.31. The van der Waals surface area contributed by atoms with Gasteiger partial charge in [-0.3, -0.25) is 9.59 Å². The van der Waals surface area contributed by atoms with Crippen LogP contribution in [0.1, 0.15) is 26.7 Å². The van der Waals surface area contributed by atoms with Crippen molar-refractivity contribution in [1.82, 2.24) is 0 Å². The van der Waals surface area contributed by atoms with Crippen LogP contribution in [0.2, 0.25) is 0 Å². The maximum atomic E-state index is 11.6. The first-order valence-electron chi connectivity index (χ1n) is 4.88. The molecular formula is C11H16O4. The van der Waals surface area contributed by atoms with Crippen molar-refractivity contribution < 1.29 is 19.1 Å². The van der Waals surface area contributed by atoms with Gasteiger partial charge in [0.2, 0.25) is 0 Å². The first-order chi connectivity index (χ1) is 6.94. The van der Waals surface area contributed by atoms with E-state index in [2.05, 4.69) is 4.74 Å². The standard InChI is InChI=1S/C11H16O4/c1-11(2)7-8(4-5-15-11)9(12)6-10(13)14-3/h4-5,8H,6-7H2,1-3H3. The molecule has 0 saturated carbocycles. The Hall–Kier alpha value is -1.32. The molecule has 1 rings (SSSR count). The van der Waals surface area contributed by atoms with Crippen LogP contribution in [0.25, 0.3) is 0 Å². The van der Waals surface area contributed by atoms with Crippen LogP contribution in [0.3, 0.4) is 0 Å². The van der Waals surface area contributed by atoms with Gasteiger partial charge < -0.3 is 9.47 Å². The Labute approximate surface area is 89.2 Å². The number of methoxy groups -OCH3 is 1. The number of ketones is 1. The van der Waals surface area contributed by atoms with Crippen LogP contribution in [0.15, 0.2) is 12.3 Å². The average Bonchev–Trinajstić information content (AvgIpc) is 2.16. The molecule has 0 saturated heterocycles. The minimum atomic E-state index is -0.488. The minimum absolute atomic E-state index is 0.116. The van der Waals surface area contributed by atoms with Gasteiger partial charge in [0.05, 0.1) is 13.4 Å². The van der Waals surface area contributed by atoms with Crippen LogP contribution in [0, 0.1) is 5.92 Å². The van der Waals surface area contributed by atoms with Gasteiger partial charge in [0, 0.05) is 5.92 Å². The van der Waals surface area contributed by atoms with Crippen LogP contribution in [-0.2, 0) is 19.1 Å². The van der Waals surface area contributed by atoms with Gasteiger partial charge in [0.25, 0.3) is 0 Å². The smallest absolute Gasteiger partial charge is 0.313 e. The molecule has 15 heavy (non-hydrogen) atoms. The Morgan fingerprint density at radius 1 is 1.53 bits per heavy atom. The SMILES string of the molecule is COC(=O)CC(=O)C1C=COC(C)(C)C1. The zero-order chi connectivity index (χ0) is 11.5. The fourth-order valence-corrected chi connectivity index (χ4v) is 1.53. The summed E-state index contributed by atoms with van der Waals surface area (Å²) in [5.74, 6) is -0.847. The topological polar surface area (TPSA) is 52.6 Å². The molecule has 0 spiro atoms. The Bertz CT molecular complexity index is 291. The number of ether oxygens (including phenoxy) is 2. The van der Waals surface area contributed by atoms with Crippen molar-refractivity contribution in [2.75, 3.05) is 7.11 Å². The van der Waals surface area contributed by atoms with Crippen LogP contribution >= 0.6 is 0 Å². The Morgan fingerprint density at radius 3 is 2.73 bits per heavy atom. The Kier molecular flexibility index (Phi) is 3.50. The molecule has 0 radical (unpaired) electrons. The van der Waals surface area contributed by atoms with Crippen molar-refractivity contribution in [2.45, 2.75) is 32.3 Å². The van der Waals surface area contributed by atoms with E-state index in [0.717, 1.165) is 0 Å². The predicted molar refractivity (Wildman–Crippen MR) is 54.1 cm³/mol. The molecule has 1 aliphatic rings. The van der Waals surface area contributed by atoms with E-state index in [1.807, 2.05) is 13.8 Å². The van der Waals surface area contributed by atoms with Crippen molar-refractivity contribution in [3.05, 3.63) is 12.3 Å². The molecule has 1 heterocycles. The zero-order valence-electron chi connectivity index (χ0n) is 9.28. The lowest BCUT2D eigenvalue weighted by molar-refractivity contribution is -0.144. The van der Waals surface area contributed by atoms with Gasteiger partial charge in [-0.05, 0) is 26.3 Å². The van der Waals surface area contributed by atoms with Crippen LogP contribution in [0.4, 0.5) is 0 Å². The Balaban J connectivity index is 2.57. The molecule has 0 bridgehead atoms. The van der Waals surface area contributed by atoms with E-state index < -0.39 is 5.97 Å². The minimum Gasteiger partial charge on any atom is -0.496 e. The molecule has 4 heteroatoms. The molecule has 0 aromatic heterocycles. The quantitative estimate of drug-likeness (QED) is 0.525. The number of hydrogen-bond acceptors (Lipinski definition) is 4. The maximum absolute atomic E-state index is 11.6. The van der Waals surface area contributed by atoms with Crippen molar-refractivity contribution in [2.24, 2.45) is 5.92 Å². The molecular weight excluding hydrogens is 196 g/mol. The van der Waals surface area contributed by atoms with E-state index in [1.165, 1.54) is 13.4 Å². The van der Waals surface area contributed by atoms with E-state index in [4.69, 9.17) is 4.74 Å². The molecule has 0 N–H and O–H groups in total. The fraction of sp³-hybridized carbons (Fsp3) is 0.636. The zero-order valence-corrected chi connectivity index (χ0v) is 9.28.